The van der Waals surface area contributed by atoms with Crippen LogP contribution in [0.15, 0.2) is 72.9 Å². The fourth-order valence-electron chi connectivity index (χ4n) is 5.89. The lowest BCUT2D eigenvalue weighted by Gasteiger charge is -2.38. The number of allylic oxidation sites excluding steroid dienone is 1. The van der Waals surface area contributed by atoms with Crippen LogP contribution in [0.5, 0.6) is 0 Å². The van der Waals surface area contributed by atoms with Crippen molar-refractivity contribution in [1.82, 2.24) is 10.6 Å². The van der Waals surface area contributed by atoms with Crippen LogP contribution in [0.3, 0.4) is 0 Å². The number of rotatable bonds is 10. The van der Waals surface area contributed by atoms with Gasteiger partial charge in [-0.1, -0.05) is 36.4 Å². The molecule has 2 fully saturated rings. The molecule has 6 nitrogen and oxygen atoms in total. The third-order valence-corrected chi connectivity index (χ3v) is 8.14. The highest BCUT2D eigenvalue weighted by atomic mass is 35.5. The summed E-state index contributed by atoms with van der Waals surface area (Å²) in [7, 11) is 0. The molecule has 2 aliphatic rings. The molecule has 5 rings (SSSR count). The number of carbonyl (C=O) groups is 1. The van der Waals surface area contributed by atoms with Crippen LogP contribution in [-0.4, -0.2) is 50.0 Å². The first-order chi connectivity index (χ1) is 20.6. The van der Waals surface area contributed by atoms with E-state index in [1.807, 2.05) is 0 Å². The summed E-state index contributed by atoms with van der Waals surface area (Å²) in [6.07, 6.45) is 1.51. The number of morpholine rings is 1. The molecule has 0 radical (unpaired) electrons. The summed E-state index contributed by atoms with van der Waals surface area (Å²) in [5.41, 5.74) is 1.58. The van der Waals surface area contributed by atoms with E-state index in [0.29, 0.717) is 66.7 Å². The normalized spacial score (nSPS) is 21.4. The van der Waals surface area contributed by atoms with Gasteiger partial charge in [0.25, 0.3) is 0 Å². The van der Waals surface area contributed by atoms with Crippen molar-refractivity contribution in [2.45, 2.75) is 49.9 Å². The molecule has 0 aliphatic carbocycles. The van der Waals surface area contributed by atoms with Gasteiger partial charge in [0.05, 0.1) is 12.7 Å². The van der Waals surface area contributed by atoms with Crippen molar-refractivity contribution in [3.63, 3.8) is 0 Å². The molecule has 0 aromatic heterocycles. The van der Waals surface area contributed by atoms with Crippen LogP contribution in [0.1, 0.15) is 42.4 Å². The molecule has 0 saturated carbocycles. The van der Waals surface area contributed by atoms with Gasteiger partial charge in [0.2, 0.25) is 5.91 Å². The van der Waals surface area contributed by atoms with Crippen molar-refractivity contribution in [2.75, 3.05) is 31.6 Å². The average Bonchev–Trinajstić information content (AvgIpc) is 3.39. The number of amides is 1. The van der Waals surface area contributed by atoms with Crippen LogP contribution in [-0.2, 0) is 20.7 Å². The van der Waals surface area contributed by atoms with Crippen LogP contribution in [0.25, 0.3) is 0 Å². The number of hydrogen-bond donors (Lipinski definition) is 3. The molecule has 2 heterocycles. The van der Waals surface area contributed by atoms with Gasteiger partial charge in [0.1, 0.15) is 29.1 Å². The second kappa shape index (κ2) is 13.5. The Hall–Kier alpha value is -3.37. The van der Waals surface area contributed by atoms with E-state index in [4.69, 9.17) is 21.1 Å². The molecule has 2 aliphatic heterocycles. The Labute approximate surface area is 254 Å². The Morgan fingerprint density at radius 2 is 1.86 bits per heavy atom. The molecule has 3 aromatic carbocycles. The maximum absolute atomic E-state index is 15.2. The topological polar surface area (TPSA) is 71.6 Å². The van der Waals surface area contributed by atoms with Crippen molar-refractivity contribution >= 4 is 23.2 Å². The number of hydrogen-bond acceptors (Lipinski definition) is 5. The molecule has 4 atom stereocenters. The SMILES string of the molecule is C=C(C)N[C@H](C(=O)Nc1cccc(F)c1CC[C@@H]1CNCC2(CCOC2)O1)[C@@H](c1ccc(Cl)cc1)c1cc(F)cc(F)c1. The van der Waals surface area contributed by atoms with E-state index in [0.717, 1.165) is 12.5 Å². The van der Waals surface area contributed by atoms with Crippen LogP contribution in [0.2, 0.25) is 5.02 Å². The van der Waals surface area contributed by atoms with E-state index in [-0.39, 0.29) is 17.3 Å². The predicted molar refractivity (Wildman–Crippen MR) is 161 cm³/mol. The first kappa shape index (κ1) is 31.1. The van der Waals surface area contributed by atoms with Gasteiger partial charge in [0, 0.05) is 60.1 Å². The van der Waals surface area contributed by atoms with Crippen molar-refractivity contribution in [2.24, 2.45) is 0 Å². The summed E-state index contributed by atoms with van der Waals surface area (Å²) in [6.45, 7) is 8.10. The number of nitrogens with one attached hydrogen (secondary N) is 3. The molecule has 1 spiro atoms. The summed E-state index contributed by atoms with van der Waals surface area (Å²) in [6, 6.07) is 13.3. The molecule has 43 heavy (non-hydrogen) atoms. The molecule has 0 bridgehead atoms. The minimum absolute atomic E-state index is 0.145. The Bertz CT molecular complexity index is 1440. The summed E-state index contributed by atoms with van der Waals surface area (Å²) >= 11 is 6.12. The quantitative estimate of drug-likeness (QED) is 0.258. The standard InChI is InChI=1S/C33H35ClF3N3O3/c1-20(2)39-31(30(21-6-8-23(34)9-7-21)22-14-24(35)16-25(36)15-22)32(41)40-29-5-3-4-28(37)27(29)11-10-26-17-38-18-33(43-26)12-13-42-19-33/h3-9,14-16,26,30-31,38-39H,1,10-13,17-19H2,2H3,(H,40,41)/t26-,30+,31+,33?/m1/s1. The summed E-state index contributed by atoms with van der Waals surface area (Å²) in [5, 5.41) is 9.83. The molecular weight excluding hydrogens is 579 g/mol. The Morgan fingerprint density at radius 3 is 2.53 bits per heavy atom. The van der Waals surface area contributed by atoms with Gasteiger partial charge in [-0.15, -0.1) is 0 Å². The van der Waals surface area contributed by atoms with E-state index >= 15 is 4.39 Å². The maximum Gasteiger partial charge on any atom is 0.247 e. The fraction of sp³-hybridized carbons (Fsp3) is 0.364. The Morgan fingerprint density at radius 1 is 1.12 bits per heavy atom. The van der Waals surface area contributed by atoms with Crippen LogP contribution in [0.4, 0.5) is 18.9 Å². The van der Waals surface area contributed by atoms with Gasteiger partial charge in [0.15, 0.2) is 0 Å². The lowest BCUT2D eigenvalue weighted by atomic mass is 9.84. The molecular formula is C33H35ClF3N3O3. The van der Waals surface area contributed by atoms with E-state index < -0.39 is 35.3 Å². The predicted octanol–water partition coefficient (Wildman–Crippen LogP) is 6.10. The molecule has 1 amide bonds. The maximum atomic E-state index is 15.2. The van der Waals surface area contributed by atoms with Crippen molar-refractivity contribution in [1.29, 1.82) is 0 Å². The molecule has 2 saturated heterocycles. The number of anilines is 1. The number of halogens is 4. The third kappa shape index (κ3) is 7.59. The van der Waals surface area contributed by atoms with Gasteiger partial charge in [-0.25, -0.2) is 13.2 Å². The molecule has 10 heteroatoms. The molecule has 228 valence electrons. The Kier molecular flexibility index (Phi) is 9.76. The van der Waals surface area contributed by atoms with Gasteiger partial charge in [-0.3, -0.25) is 4.79 Å². The zero-order valence-electron chi connectivity index (χ0n) is 23.9. The molecule has 3 aromatic rings. The second-order valence-corrected chi connectivity index (χ2v) is 11.7. The monoisotopic (exact) mass is 613 g/mol. The minimum Gasteiger partial charge on any atom is -0.378 e. The second-order valence-electron chi connectivity index (χ2n) is 11.3. The largest absolute Gasteiger partial charge is 0.378 e. The van der Waals surface area contributed by atoms with Crippen LogP contribution < -0.4 is 16.0 Å². The van der Waals surface area contributed by atoms with Gasteiger partial charge < -0.3 is 25.4 Å². The molecule has 3 N–H and O–H groups in total. The van der Waals surface area contributed by atoms with E-state index in [9.17, 15) is 13.6 Å². The highest BCUT2D eigenvalue weighted by molar-refractivity contribution is 6.30. The van der Waals surface area contributed by atoms with E-state index in [1.165, 1.54) is 24.3 Å². The molecule has 1 unspecified atom stereocenters. The van der Waals surface area contributed by atoms with Crippen molar-refractivity contribution in [3.05, 3.63) is 112 Å². The average molecular weight is 614 g/mol. The highest BCUT2D eigenvalue weighted by Gasteiger charge is 2.40. The number of benzene rings is 3. The minimum atomic E-state index is -1.07. The van der Waals surface area contributed by atoms with Gasteiger partial charge in [-0.2, -0.15) is 0 Å². The third-order valence-electron chi connectivity index (χ3n) is 7.89. The zero-order chi connectivity index (χ0) is 30.6. The first-order valence-corrected chi connectivity index (χ1v) is 14.7. The lowest BCUT2D eigenvalue weighted by Crippen LogP contribution is -2.54. The van der Waals surface area contributed by atoms with E-state index in [1.54, 1.807) is 37.3 Å². The summed E-state index contributed by atoms with van der Waals surface area (Å²) < 4.78 is 56.0. The first-order valence-electron chi connectivity index (χ1n) is 14.3. The number of carbonyl (C=O) groups excluding carboxylic acids is 1. The Balaban J connectivity index is 1.42. The summed E-state index contributed by atoms with van der Waals surface area (Å²) in [4.78, 5) is 14.0. The van der Waals surface area contributed by atoms with Crippen LogP contribution >= 0.6 is 11.6 Å². The van der Waals surface area contributed by atoms with Crippen molar-refractivity contribution in [3.8, 4) is 0 Å². The fourth-order valence-corrected chi connectivity index (χ4v) is 6.02. The smallest absolute Gasteiger partial charge is 0.247 e. The van der Waals surface area contributed by atoms with Crippen LogP contribution in [0, 0.1) is 17.5 Å². The zero-order valence-corrected chi connectivity index (χ0v) is 24.7. The lowest BCUT2D eigenvalue weighted by molar-refractivity contribution is -0.118. The van der Waals surface area contributed by atoms with Gasteiger partial charge in [-0.05, 0) is 67.3 Å². The summed E-state index contributed by atoms with van der Waals surface area (Å²) in [5.74, 6) is -3.38. The van der Waals surface area contributed by atoms with E-state index in [2.05, 4.69) is 22.5 Å². The van der Waals surface area contributed by atoms with Crippen molar-refractivity contribution < 1.29 is 27.4 Å². The highest BCUT2D eigenvalue weighted by Crippen LogP contribution is 2.33. The van der Waals surface area contributed by atoms with Gasteiger partial charge >= 0.3 is 0 Å². The number of ether oxygens (including phenoxy) is 2.